The Labute approximate surface area is 92.8 Å². The predicted molar refractivity (Wildman–Crippen MR) is 56.3 cm³/mol. The van der Waals surface area contributed by atoms with Gasteiger partial charge >= 0.3 is 25.0 Å². The molecular weight excluding hydrogens is 161 g/mol. The summed E-state index contributed by atoms with van der Waals surface area (Å²) in [6, 6.07) is 0. The van der Waals surface area contributed by atoms with Crippen LogP contribution < -0.4 is 5.32 Å². The molecule has 0 spiro atoms. The minimum absolute atomic E-state index is 0. The molecule has 0 bridgehead atoms. The summed E-state index contributed by atoms with van der Waals surface area (Å²) >= 11 is 0. The van der Waals surface area contributed by atoms with Crippen LogP contribution in [0.4, 0.5) is 4.79 Å². The Hall–Kier alpha value is -0.133. The summed E-state index contributed by atoms with van der Waals surface area (Å²) in [4.78, 5) is 11.0. The third-order valence-corrected chi connectivity index (χ3v) is 1.20. The molecule has 0 saturated heterocycles. The molecule has 1 N–H and O–H groups in total. The van der Waals surface area contributed by atoms with E-state index in [0.717, 1.165) is 12.8 Å². The number of hydrogen-bond acceptors (Lipinski definition) is 2. The van der Waals surface area contributed by atoms with Gasteiger partial charge in [-0.15, -0.1) is 0 Å². The fraction of sp³-hybridized carbons (Fsp3) is 0.889. The average molecular weight is 181 g/mol. The van der Waals surface area contributed by atoms with Crippen molar-refractivity contribution < 1.29 is 9.53 Å². The van der Waals surface area contributed by atoms with Gasteiger partial charge < -0.3 is 10.1 Å². The van der Waals surface area contributed by atoms with Crippen LogP contribution in [0.5, 0.6) is 0 Å². The number of carbonyl (C=O) groups is 1. The quantitative estimate of drug-likeness (QED) is 0.531. The van der Waals surface area contributed by atoms with Crippen molar-refractivity contribution in [3.63, 3.8) is 0 Å². The van der Waals surface area contributed by atoms with Crippen molar-refractivity contribution in [1.82, 2.24) is 5.32 Å². The Bertz CT molecular complexity index is 143. The standard InChI is InChI=1S/C9H19NO2.Li.H/c1-5-6-7-10-8(11)12-9(2,3)4;;/h5-7H2,1-4H3,(H,10,11);;. The van der Waals surface area contributed by atoms with E-state index in [2.05, 4.69) is 12.2 Å². The van der Waals surface area contributed by atoms with Crippen LogP contribution in [0.15, 0.2) is 0 Å². The van der Waals surface area contributed by atoms with E-state index in [1.807, 2.05) is 20.8 Å². The molecule has 0 aromatic heterocycles. The number of hydrogen-bond donors (Lipinski definition) is 1. The van der Waals surface area contributed by atoms with Gasteiger partial charge in [0.05, 0.1) is 0 Å². The number of nitrogens with one attached hydrogen (secondary N) is 1. The minimum atomic E-state index is -0.393. The molecule has 0 saturated carbocycles. The molecule has 0 aliphatic heterocycles. The van der Waals surface area contributed by atoms with Gasteiger partial charge in [-0.3, -0.25) is 0 Å². The van der Waals surface area contributed by atoms with E-state index >= 15 is 0 Å². The molecule has 0 aromatic carbocycles. The van der Waals surface area contributed by atoms with Crippen molar-refractivity contribution in [2.24, 2.45) is 0 Å². The van der Waals surface area contributed by atoms with Gasteiger partial charge in [0.1, 0.15) is 5.60 Å². The van der Waals surface area contributed by atoms with Gasteiger partial charge in [-0.05, 0) is 27.2 Å². The number of carbonyl (C=O) groups excluding carboxylic acids is 1. The van der Waals surface area contributed by atoms with Crippen LogP contribution in [0.1, 0.15) is 40.5 Å². The molecule has 0 fully saturated rings. The van der Waals surface area contributed by atoms with Crippen LogP contribution in [0.2, 0.25) is 0 Å². The molecule has 0 aromatic rings. The van der Waals surface area contributed by atoms with Gasteiger partial charge in [0.2, 0.25) is 0 Å². The van der Waals surface area contributed by atoms with E-state index in [4.69, 9.17) is 4.74 Å². The first-order valence-corrected chi connectivity index (χ1v) is 4.42. The van der Waals surface area contributed by atoms with E-state index in [9.17, 15) is 4.79 Å². The summed E-state index contributed by atoms with van der Waals surface area (Å²) in [7, 11) is 0. The van der Waals surface area contributed by atoms with Crippen molar-refractivity contribution in [3.05, 3.63) is 0 Å². The van der Waals surface area contributed by atoms with E-state index < -0.39 is 5.60 Å². The Morgan fingerprint density at radius 1 is 1.38 bits per heavy atom. The fourth-order valence-electron chi connectivity index (χ4n) is 0.681. The van der Waals surface area contributed by atoms with Crippen LogP contribution >= 0.6 is 0 Å². The third-order valence-electron chi connectivity index (χ3n) is 1.20. The van der Waals surface area contributed by atoms with Crippen LogP contribution in [-0.4, -0.2) is 37.1 Å². The third kappa shape index (κ3) is 11.9. The Morgan fingerprint density at radius 3 is 2.31 bits per heavy atom. The average Bonchev–Trinajstić information content (AvgIpc) is 1.84. The van der Waals surface area contributed by atoms with E-state index in [1.165, 1.54) is 0 Å². The fourth-order valence-corrected chi connectivity index (χ4v) is 0.681. The zero-order valence-electron chi connectivity index (χ0n) is 8.44. The first-order chi connectivity index (χ1) is 5.45. The molecule has 74 valence electrons. The van der Waals surface area contributed by atoms with Gasteiger partial charge in [0.25, 0.3) is 0 Å². The normalized spacial score (nSPS) is 10.2. The van der Waals surface area contributed by atoms with E-state index in [0.29, 0.717) is 6.54 Å². The summed E-state index contributed by atoms with van der Waals surface area (Å²) in [5.41, 5.74) is -0.393. The van der Waals surface area contributed by atoms with Gasteiger partial charge in [-0.2, -0.15) is 0 Å². The zero-order valence-corrected chi connectivity index (χ0v) is 8.44. The summed E-state index contributed by atoms with van der Waals surface area (Å²) in [5.74, 6) is 0. The summed E-state index contributed by atoms with van der Waals surface area (Å²) in [5, 5.41) is 2.68. The Kier molecular flexibility index (Phi) is 8.60. The Balaban J connectivity index is 0. The molecular formula is C9H20LiNO2. The molecule has 13 heavy (non-hydrogen) atoms. The second-order valence-electron chi connectivity index (χ2n) is 3.78. The number of alkyl carbamates (subject to hydrolysis) is 1. The van der Waals surface area contributed by atoms with Gasteiger partial charge in [0, 0.05) is 6.54 Å². The molecule has 4 heteroatoms. The van der Waals surface area contributed by atoms with Crippen molar-refractivity contribution in [3.8, 4) is 0 Å². The molecule has 0 aliphatic rings. The second-order valence-corrected chi connectivity index (χ2v) is 3.78. The predicted octanol–water partition coefficient (Wildman–Crippen LogP) is 1.66. The Morgan fingerprint density at radius 2 is 1.92 bits per heavy atom. The van der Waals surface area contributed by atoms with Gasteiger partial charge in [-0.1, -0.05) is 13.3 Å². The van der Waals surface area contributed by atoms with Crippen molar-refractivity contribution >= 4 is 25.0 Å². The van der Waals surface area contributed by atoms with Crippen LogP contribution in [-0.2, 0) is 4.74 Å². The van der Waals surface area contributed by atoms with Gasteiger partial charge in [0.15, 0.2) is 0 Å². The van der Waals surface area contributed by atoms with Crippen molar-refractivity contribution in [2.75, 3.05) is 6.54 Å². The topological polar surface area (TPSA) is 38.3 Å². The van der Waals surface area contributed by atoms with Crippen LogP contribution in [0.25, 0.3) is 0 Å². The summed E-state index contributed by atoms with van der Waals surface area (Å²) in [6.45, 7) is 8.34. The van der Waals surface area contributed by atoms with Crippen molar-refractivity contribution in [1.29, 1.82) is 0 Å². The second kappa shape index (κ2) is 7.29. The molecule has 0 atom stereocenters. The monoisotopic (exact) mass is 181 g/mol. The molecule has 3 nitrogen and oxygen atoms in total. The molecule has 0 heterocycles. The first kappa shape index (κ1) is 15.3. The molecule has 1 amide bonds. The zero-order chi connectivity index (χ0) is 9.61. The molecule has 0 aliphatic carbocycles. The van der Waals surface area contributed by atoms with Crippen LogP contribution in [0, 0.1) is 0 Å². The van der Waals surface area contributed by atoms with E-state index in [1.54, 1.807) is 0 Å². The first-order valence-electron chi connectivity index (χ1n) is 4.42. The summed E-state index contributed by atoms with van der Waals surface area (Å²) in [6.07, 6.45) is 1.76. The number of amides is 1. The maximum absolute atomic E-state index is 11.0. The summed E-state index contributed by atoms with van der Waals surface area (Å²) < 4.78 is 5.03. The number of unbranched alkanes of at least 4 members (excludes halogenated alkanes) is 1. The maximum atomic E-state index is 11.0. The SMILES string of the molecule is CCCCNC(=O)OC(C)(C)C.[LiH]. The molecule has 0 unspecified atom stereocenters. The van der Waals surface area contributed by atoms with E-state index in [-0.39, 0.29) is 25.0 Å². The van der Waals surface area contributed by atoms with Crippen LogP contribution in [0.3, 0.4) is 0 Å². The van der Waals surface area contributed by atoms with Crippen molar-refractivity contribution in [2.45, 2.75) is 46.1 Å². The number of rotatable bonds is 3. The molecule has 0 radical (unpaired) electrons. The van der Waals surface area contributed by atoms with Gasteiger partial charge in [-0.25, -0.2) is 4.79 Å². The molecule has 0 rings (SSSR count). The number of ether oxygens (including phenoxy) is 1.